The Morgan fingerprint density at radius 3 is 2.74 bits per heavy atom. The molecule has 3 atom stereocenters. The summed E-state index contributed by atoms with van der Waals surface area (Å²) in [6, 6.07) is -0.110. The summed E-state index contributed by atoms with van der Waals surface area (Å²) >= 11 is 1.60. The number of ether oxygens (including phenoxy) is 1. The van der Waals surface area contributed by atoms with E-state index in [1.54, 1.807) is 11.8 Å². The maximum absolute atomic E-state index is 12.1. The summed E-state index contributed by atoms with van der Waals surface area (Å²) in [7, 11) is 0. The number of carbonyl (C=O) groups excluding carboxylic acids is 1. The first-order chi connectivity index (χ1) is 9.06. The number of epoxide rings is 1. The van der Waals surface area contributed by atoms with Crippen LogP contribution in [0.5, 0.6) is 0 Å². The van der Waals surface area contributed by atoms with E-state index in [-0.39, 0.29) is 23.6 Å². The van der Waals surface area contributed by atoms with Crippen molar-refractivity contribution in [3.63, 3.8) is 0 Å². The first kappa shape index (κ1) is 11.7. The summed E-state index contributed by atoms with van der Waals surface area (Å²) in [6.45, 7) is 4.23. The molecule has 0 saturated carbocycles. The average molecular weight is 282 g/mol. The molecule has 1 spiro atoms. The van der Waals surface area contributed by atoms with E-state index in [1.165, 1.54) is 4.90 Å². The summed E-state index contributed by atoms with van der Waals surface area (Å²) < 4.78 is 5.32. The number of carboxylic acids is 1. The van der Waals surface area contributed by atoms with E-state index < -0.39 is 11.6 Å². The predicted molar refractivity (Wildman–Crippen MR) is 67.4 cm³/mol. The molecule has 3 unspecified atom stereocenters. The van der Waals surface area contributed by atoms with E-state index in [0.29, 0.717) is 11.9 Å². The van der Waals surface area contributed by atoms with Crippen LogP contribution < -0.4 is 5.32 Å². The summed E-state index contributed by atoms with van der Waals surface area (Å²) in [5.41, 5.74) is -0.513. The molecule has 0 bridgehead atoms. The topological polar surface area (TPSA) is 82.2 Å². The summed E-state index contributed by atoms with van der Waals surface area (Å²) in [5, 5.41) is 13.0. The van der Waals surface area contributed by atoms with E-state index in [1.807, 2.05) is 6.92 Å². The van der Waals surface area contributed by atoms with Crippen molar-refractivity contribution >= 4 is 23.6 Å². The van der Waals surface area contributed by atoms with Crippen LogP contribution in [0.4, 0.5) is 0 Å². The molecule has 4 aliphatic heterocycles. The molecule has 1 amide bonds. The smallest absolute Gasteiger partial charge is 0.353 e. The van der Waals surface area contributed by atoms with Crippen LogP contribution in [0.15, 0.2) is 10.6 Å². The number of fused-ring (bicyclic) bond motifs is 2. The minimum atomic E-state index is -1.01. The van der Waals surface area contributed by atoms with Crippen molar-refractivity contribution in [2.75, 3.05) is 19.7 Å². The van der Waals surface area contributed by atoms with Crippen molar-refractivity contribution in [3.8, 4) is 0 Å². The first-order valence-corrected chi connectivity index (χ1v) is 7.26. The Bertz CT molecular complexity index is 524. The van der Waals surface area contributed by atoms with Crippen LogP contribution in [-0.4, -0.2) is 58.5 Å². The SMILES string of the molecule is CC1C(SC2CNC2)=C(C(=O)O)N2C(=O)C3(CO3)C12. The van der Waals surface area contributed by atoms with Gasteiger partial charge in [-0.05, 0) is 0 Å². The zero-order valence-corrected chi connectivity index (χ0v) is 11.2. The summed E-state index contributed by atoms with van der Waals surface area (Å²) in [6.07, 6.45) is 0. The van der Waals surface area contributed by atoms with Crippen molar-refractivity contribution in [1.29, 1.82) is 0 Å². The van der Waals surface area contributed by atoms with Gasteiger partial charge in [0.1, 0.15) is 5.70 Å². The van der Waals surface area contributed by atoms with E-state index in [4.69, 9.17) is 4.74 Å². The van der Waals surface area contributed by atoms with Gasteiger partial charge in [-0.2, -0.15) is 0 Å². The summed E-state index contributed by atoms with van der Waals surface area (Å²) in [4.78, 5) is 25.9. The fraction of sp³-hybridized carbons (Fsp3) is 0.667. The maximum atomic E-state index is 12.1. The van der Waals surface area contributed by atoms with Crippen molar-refractivity contribution in [1.82, 2.24) is 10.2 Å². The molecule has 4 rings (SSSR count). The largest absolute Gasteiger partial charge is 0.477 e. The van der Waals surface area contributed by atoms with Gasteiger partial charge in [-0.1, -0.05) is 6.92 Å². The van der Waals surface area contributed by atoms with Crippen LogP contribution in [0.2, 0.25) is 0 Å². The number of carbonyl (C=O) groups is 2. The number of thioether (sulfide) groups is 1. The first-order valence-electron chi connectivity index (χ1n) is 6.39. The Balaban J connectivity index is 1.69. The zero-order valence-electron chi connectivity index (χ0n) is 10.4. The van der Waals surface area contributed by atoms with Crippen LogP contribution in [0, 0.1) is 5.92 Å². The second-order valence-electron chi connectivity index (χ2n) is 5.50. The van der Waals surface area contributed by atoms with E-state index in [2.05, 4.69) is 5.32 Å². The lowest BCUT2D eigenvalue weighted by Crippen LogP contribution is -2.67. The minimum absolute atomic E-state index is 0.0527. The third-order valence-corrected chi connectivity index (χ3v) is 5.88. The van der Waals surface area contributed by atoms with Gasteiger partial charge in [-0.25, -0.2) is 4.79 Å². The number of hydrogen-bond acceptors (Lipinski definition) is 5. The predicted octanol–water partition coefficient (Wildman–Crippen LogP) is -0.383. The standard InChI is InChI=1S/C12H14N2O4S/c1-5-8(19-6-2-13-3-6)7(10(15)16)14-9(5)12(4-18-12)11(14)17/h5-6,9,13H,2-4H2,1H3,(H,15,16). The Morgan fingerprint density at radius 2 is 2.26 bits per heavy atom. The van der Waals surface area contributed by atoms with Crippen molar-refractivity contribution < 1.29 is 19.4 Å². The number of rotatable bonds is 3. The normalized spacial score (nSPS) is 40.3. The monoisotopic (exact) mass is 282 g/mol. The molecule has 0 aromatic carbocycles. The van der Waals surface area contributed by atoms with Gasteiger partial charge in [-0.3, -0.25) is 9.69 Å². The lowest BCUT2D eigenvalue weighted by atomic mass is 9.82. The van der Waals surface area contributed by atoms with Gasteiger partial charge in [0.25, 0.3) is 5.91 Å². The van der Waals surface area contributed by atoms with Crippen LogP contribution in [0.1, 0.15) is 6.92 Å². The van der Waals surface area contributed by atoms with E-state index in [9.17, 15) is 14.7 Å². The fourth-order valence-corrected chi connectivity index (χ4v) is 4.62. The van der Waals surface area contributed by atoms with E-state index >= 15 is 0 Å². The van der Waals surface area contributed by atoms with Crippen LogP contribution in [-0.2, 0) is 14.3 Å². The second-order valence-corrected chi connectivity index (χ2v) is 6.85. The molecular formula is C12H14N2O4S. The highest BCUT2D eigenvalue weighted by Gasteiger charge is 2.76. The number of nitrogens with zero attached hydrogens (tertiary/aromatic N) is 1. The lowest BCUT2D eigenvalue weighted by molar-refractivity contribution is -0.158. The third kappa shape index (κ3) is 1.30. The zero-order chi connectivity index (χ0) is 13.4. The second kappa shape index (κ2) is 3.53. The molecule has 4 aliphatic rings. The van der Waals surface area contributed by atoms with Crippen molar-refractivity contribution in [2.24, 2.45) is 5.92 Å². The molecule has 19 heavy (non-hydrogen) atoms. The van der Waals surface area contributed by atoms with Crippen molar-refractivity contribution in [3.05, 3.63) is 10.6 Å². The van der Waals surface area contributed by atoms with Crippen LogP contribution in [0.25, 0.3) is 0 Å². The number of amides is 1. The fourth-order valence-electron chi connectivity index (χ4n) is 3.21. The van der Waals surface area contributed by atoms with Gasteiger partial charge in [0.05, 0.1) is 12.6 Å². The number of hydrogen-bond donors (Lipinski definition) is 2. The van der Waals surface area contributed by atoms with Gasteiger partial charge >= 0.3 is 5.97 Å². The molecule has 102 valence electrons. The average Bonchev–Trinajstić information content (AvgIpc) is 3.07. The highest BCUT2D eigenvalue weighted by atomic mass is 32.2. The van der Waals surface area contributed by atoms with Gasteiger partial charge in [0, 0.05) is 29.2 Å². The van der Waals surface area contributed by atoms with Gasteiger partial charge < -0.3 is 15.2 Å². The van der Waals surface area contributed by atoms with Gasteiger partial charge in [0.15, 0.2) is 5.60 Å². The molecule has 6 nitrogen and oxygen atoms in total. The van der Waals surface area contributed by atoms with Crippen molar-refractivity contribution in [2.45, 2.75) is 23.8 Å². The Morgan fingerprint density at radius 1 is 1.58 bits per heavy atom. The molecule has 0 aromatic heterocycles. The highest BCUT2D eigenvalue weighted by molar-refractivity contribution is 8.03. The Hall–Kier alpha value is -1.05. The lowest BCUT2D eigenvalue weighted by Gasteiger charge is -2.43. The van der Waals surface area contributed by atoms with Gasteiger partial charge in [-0.15, -0.1) is 11.8 Å². The number of carboxylic acid groups (broad SMARTS) is 1. The molecule has 2 N–H and O–H groups in total. The molecule has 7 heteroatoms. The quantitative estimate of drug-likeness (QED) is 0.542. The molecule has 0 aromatic rings. The molecule has 0 radical (unpaired) electrons. The Labute approximate surface area is 114 Å². The van der Waals surface area contributed by atoms with E-state index in [0.717, 1.165) is 18.0 Å². The van der Waals surface area contributed by atoms with Crippen LogP contribution in [0.3, 0.4) is 0 Å². The van der Waals surface area contributed by atoms with Crippen LogP contribution >= 0.6 is 11.8 Å². The molecular weight excluding hydrogens is 268 g/mol. The third-order valence-electron chi connectivity index (χ3n) is 4.39. The molecule has 4 heterocycles. The Kier molecular flexibility index (Phi) is 2.18. The maximum Gasteiger partial charge on any atom is 0.353 e. The molecule has 3 fully saturated rings. The highest BCUT2D eigenvalue weighted by Crippen LogP contribution is 2.57. The molecule has 3 saturated heterocycles. The number of aliphatic carboxylic acids is 1. The minimum Gasteiger partial charge on any atom is -0.477 e. The number of β-lactam (4-membered cyclic amide) rings is 1. The van der Waals surface area contributed by atoms with Gasteiger partial charge in [0.2, 0.25) is 0 Å². The summed E-state index contributed by atoms with van der Waals surface area (Å²) in [5.74, 6) is -1.13. The number of nitrogens with one attached hydrogen (secondary N) is 1. The molecule has 0 aliphatic carbocycles.